The van der Waals surface area contributed by atoms with Crippen molar-refractivity contribution >= 4 is 34.9 Å². The van der Waals surface area contributed by atoms with Crippen LogP contribution in [0.5, 0.6) is 5.75 Å². The molecule has 1 N–H and O–H groups in total. The lowest BCUT2D eigenvalue weighted by Gasteiger charge is -2.37. The maximum atomic E-state index is 13.2. The molecule has 5 rings (SSSR count). The summed E-state index contributed by atoms with van der Waals surface area (Å²) >= 11 is 4.80. The van der Waals surface area contributed by atoms with Gasteiger partial charge in [-0.05, 0) is 50.2 Å². The molecule has 204 valence electrons. The number of alkyl halides is 3. The van der Waals surface area contributed by atoms with E-state index in [0.717, 1.165) is 0 Å². The third kappa shape index (κ3) is 5.94. The highest BCUT2D eigenvalue weighted by atomic mass is 35.5. The number of morpholine rings is 1. The second kappa shape index (κ2) is 10.4. The number of carbonyl (C=O) groups is 2. The van der Waals surface area contributed by atoms with E-state index in [1.165, 1.54) is 30.5 Å². The molecule has 0 saturated carbocycles. The fourth-order valence-corrected chi connectivity index (χ4v) is 4.88. The van der Waals surface area contributed by atoms with Gasteiger partial charge in [0.2, 0.25) is 0 Å². The van der Waals surface area contributed by atoms with E-state index in [9.17, 15) is 18.4 Å². The summed E-state index contributed by atoms with van der Waals surface area (Å²) in [6, 6.07) is 8.87. The summed E-state index contributed by atoms with van der Waals surface area (Å²) < 4.78 is 35.9. The number of ether oxygens (including phenoxy) is 2. The number of rotatable bonds is 6. The van der Waals surface area contributed by atoms with Crippen molar-refractivity contribution < 1.29 is 27.8 Å². The molecular formula is C27H26ClF2N5O4. The SMILES string of the molecule is CC1CN(c2ncc(C(=O)Nc3ccc(OC(F)(F)Cl)cc3)cc2-c2cnc3c(c2)C(=O)N(C)C3)CC(C)O1. The summed E-state index contributed by atoms with van der Waals surface area (Å²) in [7, 11) is 1.72. The number of anilines is 2. The lowest BCUT2D eigenvalue weighted by molar-refractivity contribution is -0.0964. The second-order valence-electron chi connectivity index (χ2n) is 9.66. The van der Waals surface area contributed by atoms with Gasteiger partial charge in [0, 0.05) is 60.9 Å². The standard InChI is InChI=1S/C27H26ClF2N5O4/c1-15-12-35(13-16(2)38-15)24-21(17-8-22-23(31-10-17)14-34(3)26(22)37)9-18(11-32-24)25(36)33-19-4-6-20(7-5-19)39-27(28,29)30/h4-11,15-16H,12-14H2,1-3H3,(H,33,36). The van der Waals surface area contributed by atoms with E-state index in [1.54, 1.807) is 30.3 Å². The van der Waals surface area contributed by atoms with Gasteiger partial charge >= 0.3 is 5.57 Å². The van der Waals surface area contributed by atoms with Crippen molar-refractivity contribution in [1.82, 2.24) is 14.9 Å². The van der Waals surface area contributed by atoms with Gasteiger partial charge in [0.05, 0.1) is 35.6 Å². The van der Waals surface area contributed by atoms with Gasteiger partial charge in [0.1, 0.15) is 11.6 Å². The zero-order valence-electron chi connectivity index (χ0n) is 21.5. The van der Waals surface area contributed by atoms with E-state index >= 15 is 0 Å². The first kappa shape index (κ1) is 26.8. The van der Waals surface area contributed by atoms with Crippen LogP contribution in [0.1, 0.15) is 40.3 Å². The number of hydrogen-bond donors (Lipinski definition) is 1. The van der Waals surface area contributed by atoms with Crippen molar-refractivity contribution in [2.45, 2.75) is 38.2 Å². The fraction of sp³-hybridized carbons (Fsp3) is 0.333. The van der Waals surface area contributed by atoms with Crippen molar-refractivity contribution in [1.29, 1.82) is 0 Å². The average Bonchev–Trinajstić information content (AvgIpc) is 3.16. The number of fused-ring (bicyclic) bond motifs is 1. The van der Waals surface area contributed by atoms with Gasteiger partial charge in [-0.3, -0.25) is 14.6 Å². The molecule has 0 bridgehead atoms. The molecule has 12 heteroatoms. The predicted molar refractivity (Wildman–Crippen MR) is 141 cm³/mol. The Morgan fingerprint density at radius 1 is 1.10 bits per heavy atom. The van der Waals surface area contributed by atoms with Crippen LogP contribution in [0, 0.1) is 0 Å². The molecular weight excluding hydrogens is 532 g/mol. The number of pyridine rings is 2. The molecule has 0 aliphatic carbocycles. The van der Waals surface area contributed by atoms with Gasteiger partial charge in [-0.2, -0.15) is 0 Å². The Kier molecular flexibility index (Phi) is 7.13. The Hall–Kier alpha value is -3.83. The molecule has 3 aromatic rings. The van der Waals surface area contributed by atoms with Crippen molar-refractivity contribution in [3.05, 3.63) is 65.6 Å². The normalized spacial score (nSPS) is 19.2. The summed E-state index contributed by atoms with van der Waals surface area (Å²) in [5.74, 6) is -0.0757. The molecule has 0 radical (unpaired) electrons. The van der Waals surface area contributed by atoms with Crippen LogP contribution in [-0.2, 0) is 11.3 Å². The van der Waals surface area contributed by atoms with Crippen LogP contribution in [0.3, 0.4) is 0 Å². The van der Waals surface area contributed by atoms with Crippen LogP contribution in [0.15, 0.2) is 48.8 Å². The molecule has 1 fully saturated rings. The number of hydrogen-bond acceptors (Lipinski definition) is 7. The summed E-state index contributed by atoms with van der Waals surface area (Å²) in [5, 5.41) is 2.73. The summed E-state index contributed by atoms with van der Waals surface area (Å²) in [6.45, 7) is 5.62. The highest BCUT2D eigenvalue weighted by Gasteiger charge is 2.30. The molecule has 0 spiro atoms. The topological polar surface area (TPSA) is 96.9 Å². The van der Waals surface area contributed by atoms with E-state index in [-0.39, 0.29) is 29.4 Å². The number of halogens is 3. The maximum Gasteiger partial charge on any atom is 0.487 e. The van der Waals surface area contributed by atoms with Crippen LogP contribution < -0.4 is 15.0 Å². The largest absolute Gasteiger partial charge is 0.487 e. The number of nitrogens with one attached hydrogen (secondary N) is 1. The van der Waals surface area contributed by atoms with E-state index < -0.39 is 11.5 Å². The highest BCUT2D eigenvalue weighted by molar-refractivity contribution is 6.20. The van der Waals surface area contributed by atoms with Gasteiger partial charge < -0.3 is 24.6 Å². The van der Waals surface area contributed by atoms with Gasteiger partial charge in [0.15, 0.2) is 0 Å². The first-order valence-electron chi connectivity index (χ1n) is 12.3. The van der Waals surface area contributed by atoms with Crippen molar-refractivity contribution in [3.63, 3.8) is 0 Å². The van der Waals surface area contributed by atoms with Gasteiger partial charge in [-0.1, -0.05) is 0 Å². The number of benzene rings is 1. The summed E-state index contributed by atoms with van der Waals surface area (Å²) in [5.41, 5.74) is -0.692. The molecule has 2 unspecified atom stereocenters. The monoisotopic (exact) mass is 557 g/mol. The van der Waals surface area contributed by atoms with E-state index in [4.69, 9.17) is 16.3 Å². The zero-order chi connectivity index (χ0) is 27.9. The minimum absolute atomic E-state index is 0.0227. The summed E-state index contributed by atoms with van der Waals surface area (Å²) in [4.78, 5) is 38.7. The molecule has 1 saturated heterocycles. The molecule has 2 aromatic heterocycles. The zero-order valence-corrected chi connectivity index (χ0v) is 22.2. The third-order valence-corrected chi connectivity index (χ3v) is 6.52. The van der Waals surface area contributed by atoms with Crippen LogP contribution in [0.25, 0.3) is 11.1 Å². The van der Waals surface area contributed by atoms with Crippen molar-refractivity contribution in [2.75, 3.05) is 30.4 Å². The molecule has 4 heterocycles. The van der Waals surface area contributed by atoms with Crippen LogP contribution in [0.4, 0.5) is 20.3 Å². The molecule has 2 amide bonds. The molecule has 2 aliphatic heterocycles. The molecule has 1 aromatic carbocycles. The Morgan fingerprint density at radius 2 is 1.79 bits per heavy atom. The van der Waals surface area contributed by atoms with Crippen LogP contribution in [0.2, 0.25) is 0 Å². The molecule has 2 aliphatic rings. The smallest absolute Gasteiger partial charge is 0.420 e. The van der Waals surface area contributed by atoms with Crippen molar-refractivity contribution in [3.8, 4) is 16.9 Å². The summed E-state index contributed by atoms with van der Waals surface area (Å²) in [6.07, 6.45) is 3.12. The van der Waals surface area contributed by atoms with Crippen molar-refractivity contribution in [2.24, 2.45) is 0 Å². The number of aromatic nitrogens is 2. The predicted octanol–water partition coefficient (Wildman–Crippen LogP) is 4.76. The quantitative estimate of drug-likeness (QED) is 0.436. The maximum absolute atomic E-state index is 13.2. The lowest BCUT2D eigenvalue weighted by Crippen LogP contribution is -2.46. The van der Waals surface area contributed by atoms with E-state index in [2.05, 4.69) is 24.9 Å². The Labute approximate surface area is 228 Å². The second-order valence-corrected chi connectivity index (χ2v) is 10.1. The average molecular weight is 558 g/mol. The van der Waals surface area contributed by atoms with Gasteiger partial charge in [-0.25, -0.2) is 4.98 Å². The minimum atomic E-state index is -3.84. The number of nitrogens with zero attached hydrogens (tertiary/aromatic N) is 4. The molecule has 39 heavy (non-hydrogen) atoms. The Morgan fingerprint density at radius 3 is 2.46 bits per heavy atom. The fourth-order valence-electron chi connectivity index (χ4n) is 4.79. The molecule has 9 nitrogen and oxygen atoms in total. The Bertz CT molecular complexity index is 1410. The highest BCUT2D eigenvalue weighted by Crippen LogP contribution is 2.34. The third-order valence-electron chi connectivity index (χ3n) is 6.44. The van der Waals surface area contributed by atoms with Crippen LogP contribution >= 0.6 is 11.6 Å². The first-order chi connectivity index (χ1) is 18.5. The lowest BCUT2D eigenvalue weighted by atomic mass is 10.0. The van der Waals surface area contributed by atoms with Crippen LogP contribution in [-0.4, -0.2) is 64.6 Å². The Balaban J connectivity index is 1.47. The van der Waals surface area contributed by atoms with E-state index in [0.29, 0.717) is 53.5 Å². The minimum Gasteiger partial charge on any atom is -0.420 e. The van der Waals surface area contributed by atoms with Gasteiger partial charge in [-0.15, -0.1) is 8.78 Å². The molecule has 2 atom stereocenters. The number of carbonyl (C=O) groups excluding carboxylic acids is 2. The van der Waals surface area contributed by atoms with E-state index in [1.807, 2.05) is 13.8 Å². The van der Waals surface area contributed by atoms with Gasteiger partial charge in [0.25, 0.3) is 11.8 Å². The first-order valence-corrected chi connectivity index (χ1v) is 12.7. The number of amides is 2.